The Balaban J connectivity index is 2.37. The molecule has 1 aromatic rings. The van der Waals surface area contributed by atoms with Gasteiger partial charge in [-0.2, -0.15) is 0 Å². The van der Waals surface area contributed by atoms with Gasteiger partial charge < -0.3 is 10.6 Å². The van der Waals surface area contributed by atoms with Crippen LogP contribution in [0.15, 0.2) is 34.7 Å². The normalized spacial score (nSPS) is 16.0. The van der Waals surface area contributed by atoms with E-state index in [1.165, 1.54) is 0 Å². The van der Waals surface area contributed by atoms with Crippen LogP contribution < -0.4 is 10.5 Å². The van der Waals surface area contributed by atoms with Crippen LogP contribution in [-0.4, -0.2) is 25.2 Å². The van der Waals surface area contributed by atoms with Gasteiger partial charge in [0.05, 0.1) is 16.8 Å². The van der Waals surface area contributed by atoms with E-state index in [1.54, 1.807) is 35.5 Å². The van der Waals surface area contributed by atoms with Crippen molar-refractivity contribution in [1.82, 2.24) is 9.62 Å². The molecule has 0 aliphatic carbocycles. The van der Waals surface area contributed by atoms with E-state index in [-0.39, 0.29) is 10.9 Å². The molecule has 114 valence electrons. The fourth-order valence-corrected chi connectivity index (χ4v) is 4.05. The minimum absolute atomic E-state index is 0.0411. The number of nitrogens with zero attached hydrogens (tertiary/aromatic N) is 1. The number of urea groups is 1. The second-order valence-corrected chi connectivity index (χ2v) is 7.28. The molecule has 1 aliphatic heterocycles. The highest BCUT2D eigenvalue weighted by Crippen LogP contribution is 2.29. The number of primary amides is 1. The van der Waals surface area contributed by atoms with Crippen molar-refractivity contribution in [1.29, 1.82) is 0 Å². The third kappa shape index (κ3) is 3.51. The van der Waals surface area contributed by atoms with Crippen LogP contribution >= 0.6 is 11.8 Å². The van der Waals surface area contributed by atoms with Crippen LogP contribution in [-0.2, 0) is 10.0 Å². The van der Waals surface area contributed by atoms with E-state index < -0.39 is 16.1 Å². The summed E-state index contributed by atoms with van der Waals surface area (Å²) in [6.45, 7) is 3.68. The van der Waals surface area contributed by atoms with Gasteiger partial charge in [-0.15, -0.1) is 11.8 Å². The largest absolute Gasteiger partial charge is 0.361 e. The second kappa shape index (κ2) is 5.98. The maximum atomic E-state index is 12.1. The average molecular weight is 327 g/mol. The molecular weight excluding hydrogens is 310 g/mol. The highest BCUT2D eigenvalue weighted by atomic mass is 32.2. The second-order valence-electron chi connectivity index (χ2n) is 4.77. The summed E-state index contributed by atoms with van der Waals surface area (Å²) in [5, 5.41) is 2.00. The zero-order chi connectivity index (χ0) is 15.6. The number of thioether (sulfide) groups is 1. The summed E-state index contributed by atoms with van der Waals surface area (Å²) in [5.74, 6) is 0.830. The Morgan fingerprint density at radius 2 is 2.19 bits per heavy atom. The third-order valence-electron chi connectivity index (χ3n) is 3.29. The number of amides is 2. The molecule has 1 atom stereocenters. The molecule has 0 saturated carbocycles. The first kappa shape index (κ1) is 15.7. The van der Waals surface area contributed by atoms with Gasteiger partial charge in [-0.05, 0) is 36.4 Å². The Bertz CT molecular complexity index is 686. The van der Waals surface area contributed by atoms with Gasteiger partial charge >= 0.3 is 6.03 Å². The molecule has 6 nitrogen and oxygen atoms in total. The van der Waals surface area contributed by atoms with Crippen LogP contribution in [0.25, 0.3) is 0 Å². The predicted octanol–water partition coefficient (Wildman–Crippen LogP) is 1.89. The molecule has 1 aromatic carbocycles. The summed E-state index contributed by atoms with van der Waals surface area (Å²) in [6.07, 6.45) is 1.98. The molecule has 0 spiro atoms. The van der Waals surface area contributed by atoms with Crippen molar-refractivity contribution in [2.75, 3.05) is 5.88 Å². The van der Waals surface area contributed by atoms with Crippen molar-refractivity contribution >= 4 is 27.8 Å². The molecule has 1 unspecified atom stereocenters. The van der Waals surface area contributed by atoms with Gasteiger partial charge in [0.2, 0.25) is 0 Å². The van der Waals surface area contributed by atoms with E-state index in [0.29, 0.717) is 5.56 Å². The number of aryl methyl sites for hydroxylation is 1. The molecule has 0 fully saturated rings. The van der Waals surface area contributed by atoms with Gasteiger partial charge in [-0.1, -0.05) is 12.1 Å². The van der Waals surface area contributed by atoms with Crippen LogP contribution in [0.1, 0.15) is 24.1 Å². The van der Waals surface area contributed by atoms with Crippen molar-refractivity contribution in [2.24, 2.45) is 5.73 Å². The van der Waals surface area contributed by atoms with Crippen molar-refractivity contribution in [3.05, 3.63) is 40.9 Å². The van der Waals surface area contributed by atoms with E-state index in [1.807, 2.05) is 24.6 Å². The summed E-state index contributed by atoms with van der Waals surface area (Å²) in [7, 11) is -3.94. The zero-order valence-electron chi connectivity index (χ0n) is 11.7. The number of sulfonamides is 1. The van der Waals surface area contributed by atoms with Crippen molar-refractivity contribution in [2.45, 2.75) is 24.8 Å². The van der Waals surface area contributed by atoms with Crippen LogP contribution in [0.4, 0.5) is 4.79 Å². The number of rotatable bonds is 4. The monoisotopic (exact) mass is 327 g/mol. The number of hydrogen-bond donors (Lipinski definition) is 2. The van der Waals surface area contributed by atoms with Crippen LogP contribution in [0.5, 0.6) is 0 Å². The summed E-state index contributed by atoms with van der Waals surface area (Å²) in [6, 6.07) is 4.15. The lowest BCUT2D eigenvalue weighted by Crippen LogP contribution is -2.35. The van der Waals surface area contributed by atoms with Gasteiger partial charge in [0.1, 0.15) is 0 Å². The first-order valence-electron chi connectivity index (χ1n) is 6.28. The molecule has 1 heterocycles. The van der Waals surface area contributed by atoms with E-state index >= 15 is 0 Å². The number of nitrogens with two attached hydrogens (primary N) is 1. The fourth-order valence-electron chi connectivity index (χ4n) is 2.08. The quantitative estimate of drug-likeness (QED) is 0.881. The van der Waals surface area contributed by atoms with Crippen LogP contribution in [0.2, 0.25) is 0 Å². The minimum atomic E-state index is -3.94. The number of carbonyl (C=O) groups excluding carboxylic acids is 1. The zero-order valence-corrected chi connectivity index (χ0v) is 13.4. The highest BCUT2D eigenvalue weighted by molar-refractivity contribution is 8.02. The molecule has 0 radical (unpaired) electrons. The Labute approximate surface area is 128 Å². The Hall–Kier alpha value is -1.67. The molecule has 8 heteroatoms. The van der Waals surface area contributed by atoms with Gasteiger partial charge in [-0.3, -0.25) is 0 Å². The number of nitrogens with one attached hydrogen (secondary N) is 1. The van der Waals surface area contributed by atoms with E-state index in [9.17, 15) is 13.2 Å². The molecule has 0 bridgehead atoms. The van der Waals surface area contributed by atoms with E-state index in [4.69, 9.17) is 5.73 Å². The lowest BCUT2D eigenvalue weighted by atomic mass is 10.1. The lowest BCUT2D eigenvalue weighted by Gasteiger charge is -2.24. The van der Waals surface area contributed by atoms with Crippen molar-refractivity contribution in [3.8, 4) is 0 Å². The molecule has 3 N–H and O–H groups in total. The molecule has 0 aromatic heterocycles. The summed E-state index contributed by atoms with van der Waals surface area (Å²) in [4.78, 5) is 13.0. The average Bonchev–Trinajstić information content (AvgIpc) is 2.90. The summed E-state index contributed by atoms with van der Waals surface area (Å²) >= 11 is 1.68. The van der Waals surface area contributed by atoms with Crippen LogP contribution in [0, 0.1) is 6.92 Å². The molecule has 2 amide bonds. The molecule has 0 saturated heterocycles. The first-order valence-corrected chi connectivity index (χ1v) is 8.81. The maximum Gasteiger partial charge on any atom is 0.326 e. The summed E-state index contributed by atoms with van der Waals surface area (Å²) in [5.41, 5.74) is 6.33. The molecule has 2 rings (SSSR count). The SMILES string of the molecule is Cc1ccc(C(C)N2C=CSC2)cc1S(=O)(=O)NC(N)=O. The van der Waals surface area contributed by atoms with Crippen molar-refractivity contribution in [3.63, 3.8) is 0 Å². The van der Waals surface area contributed by atoms with Crippen LogP contribution in [0.3, 0.4) is 0 Å². The Morgan fingerprint density at radius 3 is 2.76 bits per heavy atom. The van der Waals surface area contributed by atoms with Gasteiger partial charge in [-0.25, -0.2) is 17.9 Å². The fraction of sp³-hybridized carbons (Fsp3) is 0.308. The smallest absolute Gasteiger partial charge is 0.326 e. The number of carbonyl (C=O) groups is 1. The van der Waals surface area contributed by atoms with Gasteiger partial charge in [0.15, 0.2) is 0 Å². The highest BCUT2D eigenvalue weighted by Gasteiger charge is 2.22. The summed E-state index contributed by atoms with van der Waals surface area (Å²) < 4.78 is 26.0. The van der Waals surface area contributed by atoms with Crippen molar-refractivity contribution < 1.29 is 13.2 Å². The number of benzene rings is 1. The van der Waals surface area contributed by atoms with Gasteiger partial charge in [0.25, 0.3) is 10.0 Å². The molecular formula is C13H17N3O3S2. The maximum absolute atomic E-state index is 12.1. The minimum Gasteiger partial charge on any atom is -0.361 e. The third-order valence-corrected chi connectivity index (χ3v) is 5.54. The topological polar surface area (TPSA) is 92.5 Å². The number of hydrogen-bond acceptors (Lipinski definition) is 5. The Morgan fingerprint density at radius 1 is 1.48 bits per heavy atom. The lowest BCUT2D eigenvalue weighted by molar-refractivity contribution is 0.253. The van der Waals surface area contributed by atoms with Gasteiger partial charge in [0, 0.05) is 6.20 Å². The standard InChI is InChI=1S/C13H17N3O3S2/c1-9-3-4-11(10(2)16-5-6-20-8-16)7-12(9)21(18,19)15-13(14)17/h3-7,10H,8H2,1-2H3,(H3,14,15,17). The predicted molar refractivity (Wildman–Crippen MR) is 82.9 cm³/mol. The van der Waals surface area contributed by atoms with E-state index in [2.05, 4.69) is 4.90 Å². The molecule has 1 aliphatic rings. The Kier molecular flexibility index (Phi) is 4.48. The first-order chi connectivity index (χ1) is 9.81. The van der Waals surface area contributed by atoms with E-state index in [0.717, 1.165) is 11.4 Å². The molecule has 21 heavy (non-hydrogen) atoms.